The molecule has 3 aliphatic heterocycles. The molecule has 0 saturated carbocycles. The number of imide groups is 3. The number of esters is 2. The van der Waals surface area contributed by atoms with Crippen molar-refractivity contribution in [3.63, 3.8) is 0 Å². The van der Waals surface area contributed by atoms with Crippen molar-refractivity contribution in [2.75, 3.05) is 77.7 Å². The molecule has 9 rings (SSSR count). The number of carbonyl (C=O) groups excluding carboxylic acids is 9. The second-order valence-electron chi connectivity index (χ2n) is 29.8. The van der Waals surface area contributed by atoms with Crippen LogP contribution in [0, 0.1) is 0 Å². The Morgan fingerprint density at radius 2 is 0.814 bits per heavy atom. The average Bonchev–Trinajstić information content (AvgIpc) is 1.63. The number of carboxylic acid groups (broad SMARTS) is 1. The van der Waals surface area contributed by atoms with Gasteiger partial charge in [-0.3, -0.25) is 91.3 Å². The quantitative estimate of drug-likeness (QED) is 0.00505. The molecule has 3 aromatic heterocycles. The number of nitrogens with one attached hydrogen (secondary N) is 5. The molecule has 6 heterocycles. The van der Waals surface area contributed by atoms with Gasteiger partial charge in [0.05, 0.1) is 46.2 Å². The molecule has 0 bridgehead atoms. The zero-order valence-corrected chi connectivity index (χ0v) is 72.0. The summed E-state index contributed by atoms with van der Waals surface area (Å²) in [7, 11) is 5.12. The maximum absolute atomic E-state index is 12.9. The summed E-state index contributed by atoms with van der Waals surface area (Å²) in [6, 6.07) is 15.7. The SMILES string of the molecule is CC(C)(C)OC(=O)CBr.Cl.Cn1c(=O)n(C2CCC(=O)NC2=O)c2ccc(CCCCOCCCCN)cc21.Cn1c(=O)n(C2CCC(=O)NC2=O)c2ccc(CCCCOCCCCNCC(=O)O)cc21.Cn1c(=O)n(C2CCC(=O)NC2=O)c2ccc(CCCCOCCCCNCC(=O)OC(C)(C)C)cc21.O=CC(F)(F)F.[2H]O.[B]=S. The molecular formula is C79H117BBrClF3N12O20S. The van der Waals surface area contributed by atoms with Crippen molar-refractivity contribution >= 4 is 140 Å². The Morgan fingerprint density at radius 3 is 1.08 bits per heavy atom. The molecule has 3 atom stereocenters. The molecule has 0 aliphatic carbocycles. The summed E-state index contributed by atoms with van der Waals surface area (Å²) < 4.78 is 72.3. The number of hydrogen-bond acceptors (Lipinski definition) is 22. The fourth-order valence-electron chi connectivity index (χ4n) is 12.7. The van der Waals surface area contributed by atoms with Crippen LogP contribution in [0.1, 0.15) is 193 Å². The van der Waals surface area contributed by atoms with Crippen molar-refractivity contribution in [1.82, 2.24) is 54.0 Å². The monoisotopic (exact) mass is 1770 g/mol. The number of rotatable bonds is 37. The van der Waals surface area contributed by atoms with Gasteiger partial charge in [0.1, 0.15) is 34.7 Å². The van der Waals surface area contributed by atoms with Crippen LogP contribution in [0.2, 0.25) is 0 Å². The van der Waals surface area contributed by atoms with Gasteiger partial charge in [-0.15, -0.1) is 12.4 Å². The fraction of sp³-hybridized carbons (Fsp3) is 0.608. The van der Waals surface area contributed by atoms with E-state index in [1.807, 2.05) is 96.1 Å². The predicted molar refractivity (Wildman–Crippen MR) is 449 cm³/mol. The molecule has 6 aromatic rings. The maximum atomic E-state index is 12.9. The van der Waals surface area contributed by atoms with Gasteiger partial charge in [-0.05, 0) is 230 Å². The van der Waals surface area contributed by atoms with Crippen LogP contribution in [0.5, 0.6) is 0 Å². The van der Waals surface area contributed by atoms with Gasteiger partial charge in [0.25, 0.3) is 0 Å². The van der Waals surface area contributed by atoms with E-state index in [2.05, 4.69) is 61.3 Å². The second kappa shape index (κ2) is 53.9. The number of nitrogens with two attached hydrogens (primary N) is 1. The molecule has 3 fully saturated rings. The van der Waals surface area contributed by atoms with E-state index in [0.717, 1.165) is 155 Å². The Kier molecular flexibility index (Phi) is 47.4. The van der Waals surface area contributed by atoms with E-state index in [1.54, 1.807) is 34.8 Å². The van der Waals surface area contributed by atoms with Gasteiger partial charge in [-0.1, -0.05) is 34.1 Å². The van der Waals surface area contributed by atoms with Crippen LogP contribution in [0.25, 0.3) is 33.1 Å². The molecule has 3 unspecified atom stereocenters. The third-order valence-electron chi connectivity index (χ3n) is 18.2. The summed E-state index contributed by atoms with van der Waals surface area (Å²) in [4.78, 5) is 151. The van der Waals surface area contributed by atoms with Gasteiger partial charge < -0.3 is 50.6 Å². The van der Waals surface area contributed by atoms with Crippen LogP contribution in [-0.4, -0.2) is 199 Å². The number of imidazole rings is 3. The van der Waals surface area contributed by atoms with Crippen molar-refractivity contribution in [3.8, 4) is 0 Å². The number of ether oxygens (including phenoxy) is 5. The van der Waals surface area contributed by atoms with Gasteiger partial charge in [-0.2, -0.15) is 13.2 Å². The van der Waals surface area contributed by atoms with E-state index in [9.17, 15) is 70.7 Å². The molecule has 32 nitrogen and oxygen atoms in total. The van der Waals surface area contributed by atoms with Crippen LogP contribution in [0.3, 0.4) is 0 Å². The third-order valence-corrected chi connectivity index (χ3v) is 18.7. The van der Waals surface area contributed by atoms with Crippen LogP contribution in [0.4, 0.5) is 13.2 Å². The summed E-state index contributed by atoms with van der Waals surface area (Å²) in [5.41, 5.74) is 18.0. The summed E-state index contributed by atoms with van der Waals surface area (Å²) >= 11 is 6.58. The number of unbranched alkanes of at least 4 members (excludes halogenated alkanes) is 6. The predicted octanol–water partition coefficient (Wildman–Crippen LogP) is 7.21. The molecule has 118 heavy (non-hydrogen) atoms. The Labute approximate surface area is 706 Å². The van der Waals surface area contributed by atoms with E-state index in [1.165, 1.54) is 13.7 Å². The number of aromatic nitrogens is 6. The summed E-state index contributed by atoms with van der Waals surface area (Å²) in [6.07, 6.45) is 10.0. The number of aldehydes is 1. The van der Waals surface area contributed by atoms with E-state index in [4.69, 9.17) is 46.2 Å². The van der Waals surface area contributed by atoms with Crippen molar-refractivity contribution in [2.45, 2.75) is 212 Å². The van der Waals surface area contributed by atoms with E-state index >= 15 is 0 Å². The van der Waals surface area contributed by atoms with Gasteiger partial charge in [0.2, 0.25) is 43.2 Å². The summed E-state index contributed by atoms with van der Waals surface area (Å²) in [5.74, 6) is -3.46. The number of aliphatic carboxylic acids is 1. The number of halogens is 5. The van der Waals surface area contributed by atoms with Crippen LogP contribution < -0.4 is 49.4 Å². The first-order valence-corrected chi connectivity index (χ1v) is 40.5. The first-order chi connectivity index (χ1) is 56.0. The molecule has 39 heteroatoms. The number of alkyl halides is 4. The second-order valence-corrected chi connectivity index (χ2v) is 30.4. The van der Waals surface area contributed by atoms with Crippen LogP contribution >= 0.6 is 40.4 Å². The number of hydrogen-bond donors (Lipinski definition) is 7. The number of fused-ring (bicyclic) bond motifs is 3. The molecule has 1 radical (unpaired) electrons. The number of nitrogens with zero attached hydrogens (tertiary/aromatic N) is 6. The van der Waals surface area contributed by atoms with Crippen LogP contribution in [0.15, 0.2) is 69.0 Å². The minimum absolute atomic E-state index is 0. The summed E-state index contributed by atoms with van der Waals surface area (Å²) in [6.45, 7) is 21.7. The molecule has 3 aliphatic rings. The first-order valence-electron chi connectivity index (χ1n) is 39.4. The van der Waals surface area contributed by atoms with Gasteiger partial charge in [-0.25, -0.2) is 14.4 Å². The molecule has 657 valence electrons. The standard InChI is InChI=1S/C27H40N4O6.C23H32N4O6.C21H30N4O4.C6H11BrO2.C2HF3O.BS.ClH.H2O/c1-27(2,3)37-24(33)18-28-14-6-8-16-36-15-7-5-9-19-10-11-20-22(17-19)30(4)26(35)31(20)21-12-13-23(32)29-25(21)34;1-26-19-14-16(6-2-4-12-33-13-5-3-11-24-15-21(29)30)7-8-17(19)27(23(26)32)18-9-10-20(28)25-22(18)31;1-24-18-14-15(6-2-4-12-29-13-5-3-11-22)7-8-16(18)25(21(24)28)17-9-10-19(26)23-20(17)27;1-6(2,3)9-5(8)4-7;3-2(4,5)1-6;1-2;;/h10-11,17,21,28H,5-9,12-16,18H2,1-4H3,(H,29,32,34);7-8,14,18,24H,2-6,9-13,15H2,1H3,(H,29,30)(H,25,28,31);7-8,14,17H,2-6,9-13,22H2,1H3,(H,23,26,27);4H2,1-3H3;1H;;1H;1H2/i/hD. The zero-order chi connectivity index (χ0) is 88.3. The number of amides is 6. The Morgan fingerprint density at radius 1 is 0.525 bits per heavy atom. The van der Waals surface area contributed by atoms with Gasteiger partial charge >= 0.3 is 59.9 Å². The molecule has 10 N–H and O–H groups in total. The Bertz CT molecular complexity index is 4450. The molecule has 3 aromatic carbocycles. The van der Waals surface area contributed by atoms with Crippen molar-refractivity contribution < 1.29 is 96.8 Å². The number of benzene rings is 3. The van der Waals surface area contributed by atoms with Crippen LogP contribution in [-0.2, 0) is 112 Å². The molecular weight excluding hydrogens is 1650 g/mol. The topological polar surface area (TPSA) is 436 Å². The van der Waals surface area contributed by atoms with Crippen molar-refractivity contribution in [3.05, 3.63) is 103 Å². The molecule has 0 spiro atoms. The third kappa shape index (κ3) is 36.6. The Hall–Kier alpha value is -8.47. The minimum atomic E-state index is -4.64. The first kappa shape index (κ1) is 104. The van der Waals surface area contributed by atoms with Crippen molar-refractivity contribution in [1.29, 1.82) is 0 Å². The fourth-order valence-corrected chi connectivity index (χ4v) is 12.8. The average molecular weight is 1770 g/mol. The molecule has 3 saturated heterocycles. The normalized spacial score (nSPS) is 15.4. The van der Waals surface area contributed by atoms with E-state index in [-0.39, 0.29) is 102 Å². The number of carbonyl (C=O) groups is 10. The van der Waals surface area contributed by atoms with E-state index in [0.29, 0.717) is 69.8 Å². The van der Waals surface area contributed by atoms with Crippen molar-refractivity contribution in [2.24, 2.45) is 26.9 Å². The zero-order valence-electron chi connectivity index (χ0n) is 69.7. The van der Waals surface area contributed by atoms with Gasteiger partial charge in [0.15, 0.2) is 0 Å². The summed E-state index contributed by atoms with van der Waals surface area (Å²) in [5, 5.41) is 21.7. The van der Waals surface area contributed by atoms with Gasteiger partial charge in [0, 0.05) is 80.0 Å². The molecule has 6 amide bonds. The number of piperidine rings is 3. The van der Waals surface area contributed by atoms with E-state index < -0.39 is 59.9 Å². The number of carboxylic acids is 1. The number of aryl methyl sites for hydroxylation is 6. The Balaban J connectivity index is 0.000000544.